The SMILES string of the molecule is CC.CCc1cc(-c2cc(OC)c(CC(C)C)cn2)cc(C)n1. The van der Waals surface area contributed by atoms with E-state index in [0.717, 1.165) is 46.8 Å². The van der Waals surface area contributed by atoms with Crippen molar-refractivity contribution >= 4 is 0 Å². The topological polar surface area (TPSA) is 35.0 Å². The van der Waals surface area contributed by atoms with Gasteiger partial charge in [0.15, 0.2) is 0 Å². The van der Waals surface area contributed by atoms with Gasteiger partial charge in [0.05, 0.1) is 12.8 Å². The predicted octanol–water partition coefficient (Wildman–Crippen LogP) is 5.25. The van der Waals surface area contributed by atoms with Gasteiger partial charge in [-0.2, -0.15) is 0 Å². The molecule has 2 rings (SSSR count). The van der Waals surface area contributed by atoms with Gasteiger partial charge in [0, 0.05) is 34.8 Å². The first kappa shape index (κ1) is 19.1. The molecule has 0 saturated heterocycles. The van der Waals surface area contributed by atoms with Crippen LogP contribution in [0.1, 0.15) is 51.6 Å². The van der Waals surface area contributed by atoms with Crippen molar-refractivity contribution in [1.82, 2.24) is 9.97 Å². The number of methoxy groups -OCH3 is 1. The van der Waals surface area contributed by atoms with Crippen LogP contribution in [-0.2, 0) is 12.8 Å². The molecular weight excluding hydrogens is 284 g/mol. The van der Waals surface area contributed by atoms with E-state index in [0.29, 0.717) is 5.92 Å². The van der Waals surface area contributed by atoms with Gasteiger partial charge < -0.3 is 4.74 Å². The van der Waals surface area contributed by atoms with E-state index in [2.05, 4.69) is 42.9 Å². The normalized spacial score (nSPS) is 10.3. The fourth-order valence-electron chi connectivity index (χ4n) is 2.47. The van der Waals surface area contributed by atoms with Gasteiger partial charge in [0.2, 0.25) is 0 Å². The number of hydrogen-bond acceptors (Lipinski definition) is 3. The monoisotopic (exact) mass is 314 g/mol. The third-order valence-electron chi connectivity index (χ3n) is 3.46. The first-order valence-corrected chi connectivity index (χ1v) is 8.54. The summed E-state index contributed by atoms with van der Waals surface area (Å²) in [4.78, 5) is 9.14. The molecule has 0 bridgehead atoms. The molecule has 2 aromatic rings. The second kappa shape index (κ2) is 9.29. The van der Waals surface area contributed by atoms with E-state index in [1.165, 1.54) is 0 Å². The molecule has 0 amide bonds. The lowest BCUT2D eigenvalue weighted by Crippen LogP contribution is -2.00. The zero-order chi connectivity index (χ0) is 17.4. The van der Waals surface area contributed by atoms with Gasteiger partial charge in [0.1, 0.15) is 5.75 Å². The maximum absolute atomic E-state index is 5.54. The van der Waals surface area contributed by atoms with Crippen molar-refractivity contribution in [2.45, 2.75) is 54.4 Å². The summed E-state index contributed by atoms with van der Waals surface area (Å²) < 4.78 is 5.54. The number of ether oxygens (including phenoxy) is 1. The Bertz CT molecular complexity index is 621. The van der Waals surface area contributed by atoms with Gasteiger partial charge in [-0.1, -0.05) is 34.6 Å². The Morgan fingerprint density at radius 2 is 1.83 bits per heavy atom. The molecule has 0 unspecified atom stereocenters. The molecule has 0 aliphatic heterocycles. The van der Waals surface area contributed by atoms with E-state index in [1.807, 2.05) is 33.0 Å². The minimum absolute atomic E-state index is 0.585. The van der Waals surface area contributed by atoms with Crippen LogP contribution in [0.25, 0.3) is 11.3 Å². The van der Waals surface area contributed by atoms with Crippen LogP contribution in [0, 0.1) is 12.8 Å². The molecule has 0 spiro atoms. The lowest BCUT2D eigenvalue weighted by Gasteiger charge is -2.12. The number of nitrogens with zero attached hydrogens (tertiary/aromatic N) is 2. The molecule has 0 aromatic carbocycles. The standard InChI is InChI=1S/C18H24N2O.C2H6/c1-6-16-9-14(8-13(4)20-16)17-10-18(21-5)15(11-19-17)7-12(2)3;1-2/h8-12H,6-7H2,1-5H3;1-2H3. The molecule has 23 heavy (non-hydrogen) atoms. The van der Waals surface area contributed by atoms with E-state index in [-0.39, 0.29) is 0 Å². The average molecular weight is 314 g/mol. The molecule has 126 valence electrons. The highest BCUT2D eigenvalue weighted by atomic mass is 16.5. The Morgan fingerprint density at radius 3 is 2.39 bits per heavy atom. The second-order valence-corrected chi connectivity index (χ2v) is 5.82. The van der Waals surface area contributed by atoms with Crippen LogP contribution in [0.15, 0.2) is 24.4 Å². The van der Waals surface area contributed by atoms with Gasteiger partial charge in [-0.05, 0) is 37.8 Å². The minimum atomic E-state index is 0.585. The Balaban J connectivity index is 0.00000127. The Kier molecular flexibility index (Phi) is 7.73. The van der Waals surface area contributed by atoms with Gasteiger partial charge in [-0.15, -0.1) is 0 Å². The lowest BCUT2D eigenvalue weighted by atomic mass is 10.0. The van der Waals surface area contributed by atoms with Crippen LogP contribution in [0.2, 0.25) is 0 Å². The number of rotatable bonds is 5. The molecule has 0 radical (unpaired) electrons. The highest BCUT2D eigenvalue weighted by Crippen LogP contribution is 2.27. The molecule has 0 aliphatic rings. The first-order valence-electron chi connectivity index (χ1n) is 8.54. The summed E-state index contributed by atoms with van der Waals surface area (Å²) >= 11 is 0. The fourth-order valence-corrected chi connectivity index (χ4v) is 2.47. The summed E-state index contributed by atoms with van der Waals surface area (Å²) in [6, 6.07) is 6.21. The average Bonchev–Trinajstić information content (AvgIpc) is 2.56. The summed E-state index contributed by atoms with van der Waals surface area (Å²) in [5, 5.41) is 0. The molecule has 2 heterocycles. The van der Waals surface area contributed by atoms with Crippen LogP contribution in [0.4, 0.5) is 0 Å². The van der Waals surface area contributed by atoms with Crippen molar-refractivity contribution in [3.63, 3.8) is 0 Å². The number of pyridine rings is 2. The molecule has 3 nitrogen and oxygen atoms in total. The zero-order valence-corrected chi connectivity index (χ0v) is 15.6. The van der Waals surface area contributed by atoms with Crippen LogP contribution >= 0.6 is 0 Å². The molecule has 2 aromatic heterocycles. The van der Waals surface area contributed by atoms with Gasteiger partial charge in [-0.25, -0.2) is 0 Å². The van der Waals surface area contributed by atoms with Crippen molar-refractivity contribution in [2.24, 2.45) is 5.92 Å². The quantitative estimate of drug-likeness (QED) is 0.756. The van der Waals surface area contributed by atoms with Crippen molar-refractivity contribution in [3.05, 3.63) is 41.3 Å². The number of aryl methyl sites for hydroxylation is 2. The molecule has 0 N–H and O–H groups in total. The van der Waals surface area contributed by atoms with Crippen molar-refractivity contribution in [2.75, 3.05) is 7.11 Å². The summed E-state index contributed by atoms with van der Waals surface area (Å²) in [5.41, 5.74) is 5.33. The van der Waals surface area contributed by atoms with Crippen molar-refractivity contribution in [1.29, 1.82) is 0 Å². The minimum Gasteiger partial charge on any atom is -0.496 e. The molecule has 0 atom stereocenters. The van der Waals surface area contributed by atoms with E-state index in [4.69, 9.17) is 4.74 Å². The summed E-state index contributed by atoms with van der Waals surface area (Å²) in [5.74, 6) is 1.50. The lowest BCUT2D eigenvalue weighted by molar-refractivity contribution is 0.406. The molecule has 3 heteroatoms. The van der Waals surface area contributed by atoms with Crippen LogP contribution < -0.4 is 4.74 Å². The Labute approximate surface area is 141 Å². The highest BCUT2D eigenvalue weighted by Gasteiger charge is 2.10. The molecule has 0 fully saturated rings. The number of hydrogen-bond donors (Lipinski definition) is 0. The van der Waals surface area contributed by atoms with E-state index in [1.54, 1.807) is 7.11 Å². The summed E-state index contributed by atoms with van der Waals surface area (Å²) in [6.45, 7) is 12.5. The maximum atomic E-state index is 5.54. The fraction of sp³-hybridized carbons (Fsp3) is 0.500. The number of aromatic nitrogens is 2. The largest absolute Gasteiger partial charge is 0.496 e. The Morgan fingerprint density at radius 1 is 1.13 bits per heavy atom. The zero-order valence-electron chi connectivity index (χ0n) is 15.6. The highest BCUT2D eigenvalue weighted by molar-refractivity contribution is 5.62. The maximum Gasteiger partial charge on any atom is 0.125 e. The van der Waals surface area contributed by atoms with Crippen LogP contribution in [0.3, 0.4) is 0 Å². The van der Waals surface area contributed by atoms with E-state index >= 15 is 0 Å². The molecule has 0 saturated carbocycles. The van der Waals surface area contributed by atoms with E-state index < -0.39 is 0 Å². The molecule has 0 aliphatic carbocycles. The third-order valence-corrected chi connectivity index (χ3v) is 3.46. The predicted molar refractivity (Wildman–Crippen MR) is 98.0 cm³/mol. The molecular formula is C20H30N2O. The van der Waals surface area contributed by atoms with Crippen LogP contribution in [-0.4, -0.2) is 17.1 Å². The summed E-state index contributed by atoms with van der Waals surface area (Å²) in [6.07, 6.45) is 3.85. The smallest absolute Gasteiger partial charge is 0.125 e. The van der Waals surface area contributed by atoms with Crippen molar-refractivity contribution < 1.29 is 4.74 Å². The second-order valence-electron chi connectivity index (χ2n) is 5.82. The van der Waals surface area contributed by atoms with Gasteiger partial charge in [0.25, 0.3) is 0 Å². The third kappa shape index (κ3) is 5.34. The summed E-state index contributed by atoms with van der Waals surface area (Å²) in [7, 11) is 1.72. The van der Waals surface area contributed by atoms with Gasteiger partial charge >= 0.3 is 0 Å². The Hall–Kier alpha value is -1.90. The van der Waals surface area contributed by atoms with Crippen LogP contribution in [0.5, 0.6) is 5.75 Å². The first-order chi connectivity index (χ1) is 11.0. The van der Waals surface area contributed by atoms with Crippen molar-refractivity contribution in [3.8, 4) is 17.0 Å². The van der Waals surface area contributed by atoms with E-state index in [9.17, 15) is 0 Å². The van der Waals surface area contributed by atoms with Gasteiger partial charge in [-0.3, -0.25) is 9.97 Å².